The fourth-order valence-electron chi connectivity index (χ4n) is 3.82. The van der Waals surface area contributed by atoms with E-state index in [1.54, 1.807) is 20.3 Å². The Kier molecular flexibility index (Phi) is 8.82. The van der Waals surface area contributed by atoms with Crippen LogP contribution in [0, 0.1) is 18.8 Å². The summed E-state index contributed by atoms with van der Waals surface area (Å²) >= 11 is 0. The van der Waals surface area contributed by atoms with Gasteiger partial charge in [0.15, 0.2) is 11.5 Å². The number of hydrogen-bond donors (Lipinski definition) is 2. The molecule has 1 aliphatic carbocycles. The minimum absolute atomic E-state index is 0.147. The molecule has 1 saturated carbocycles. The van der Waals surface area contributed by atoms with Gasteiger partial charge in [-0.15, -0.1) is 0 Å². The number of aliphatic imine (C=N–C) groups is 1. The van der Waals surface area contributed by atoms with E-state index in [9.17, 15) is 9.59 Å². The summed E-state index contributed by atoms with van der Waals surface area (Å²) in [5.74, 6) is 2.27. The van der Waals surface area contributed by atoms with Crippen molar-refractivity contribution in [1.82, 2.24) is 10.6 Å². The zero-order valence-electron chi connectivity index (χ0n) is 17.0. The maximum absolute atomic E-state index is 12.1. The normalized spacial score (nSPS) is 18.7. The van der Waals surface area contributed by atoms with Crippen molar-refractivity contribution in [2.75, 3.05) is 33.9 Å². The van der Waals surface area contributed by atoms with Crippen molar-refractivity contribution in [3.8, 4) is 11.5 Å². The highest BCUT2D eigenvalue weighted by atomic mass is 16.5. The number of amides is 2. The van der Waals surface area contributed by atoms with Gasteiger partial charge in [-0.2, -0.15) is 0 Å². The van der Waals surface area contributed by atoms with E-state index in [2.05, 4.69) is 15.6 Å². The predicted octanol–water partition coefficient (Wildman–Crippen LogP) is 3.00. The van der Waals surface area contributed by atoms with Crippen LogP contribution in [0.25, 0.3) is 0 Å². The highest BCUT2D eigenvalue weighted by Gasteiger charge is 2.22. The minimum Gasteiger partial charge on any atom is -0.493 e. The van der Waals surface area contributed by atoms with Crippen molar-refractivity contribution in [3.63, 3.8) is 0 Å². The third-order valence-corrected chi connectivity index (χ3v) is 5.38. The Morgan fingerprint density at radius 2 is 1.89 bits per heavy atom. The fraction of sp³-hybridized carbons (Fsp3) is 0.619. The fourth-order valence-corrected chi connectivity index (χ4v) is 3.82. The van der Waals surface area contributed by atoms with E-state index in [-0.39, 0.29) is 6.03 Å². The van der Waals surface area contributed by atoms with Crippen molar-refractivity contribution >= 4 is 12.1 Å². The smallest absolute Gasteiger partial charge is 0.314 e. The van der Waals surface area contributed by atoms with E-state index < -0.39 is 0 Å². The summed E-state index contributed by atoms with van der Waals surface area (Å²) in [4.78, 5) is 26.1. The number of isocyanates is 1. The van der Waals surface area contributed by atoms with Crippen LogP contribution < -0.4 is 20.1 Å². The molecule has 0 aliphatic heterocycles. The number of nitrogens with one attached hydrogen (secondary N) is 2. The molecule has 2 atom stereocenters. The van der Waals surface area contributed by atoms with E-state index in [0.717, 1.165) is 43.2 Å². The molecular weight excluding hydrogens is 358 g/mol. The zero-order valence-corrected chi connectivity index (χ0v) is 17.0. The van der Waals surface area contributed by atoms with Crippen LogP contribution in [0.5, 0.6) is 11.5 Å². The van der Waals surface area contributed by atoms with E-state index >= 15 is 0 Å². The van der Waals surface area contributed by atoms with Crippen LogP contribution in [0.1, 0.15) is 36.8 Å². The first-order valence-corrected chi connectivity index (χ1v) is 9.84. The second-order valence-corrected chi connectivity index (χ2v) is 7.35. The Morgan fingerprint density at radius 3 is 2.61 bits per heavy atom. The van der Waals surface area contributed by atoms with Crippen LogP contribution in [0.3, 0.4) is 0 Å². The number of ether oxygens (including phenoxy) is 2. The first-order chi connectivity index (χ1) is 13.6. The quantitative estimate of drug-likeness (QED) is 0.502. The number of aryl methyl sites for hydroxylation is 1. The van der Waals surface area contributed by atoms with Crippen molar-refractivity contribution in [2.24, 2.45) is 16.8 Å². The van der Waals surface area contributed by atoms with Gasteiger partial charge in [-0.3, -0.25) is 0 Å². The molecule has 1 aliphatic rings. The average molecular weight is 389 g/mol. The predicted molar refractivity (Wildman–Crippen MR) is 108 cm³/mol. The lowest BCUT2D eigenvalue weighted by Gasteiger charge is -2.28. The van der Waals surface area contributed by atoms with Gasteiger partial charge in [-0.1, -0.05) is 6.42 Å². The molecule has 0 aromatic heterocycles. The van der Waals surface area contributed by atoms with Gasteiger partial charge in [-0.05, 0) is 67.7 Å². The van der Waals surface area contributed by atoms with Gasteiger partial charge in [0.25, 0.3) is 0 Å². The molecule has 0 spiro atoms. The number of hydrogen-bond acceptors (Lipinski definition) is 5. The second-order valence-electron chi connectivity index (χ2n) is 7.35. The number of methoxy groups -OCH3 is 2. The molecule has 0 heterocycles. The number of carbonyl (C=O) groups excluding carboxylic acids is 2. The zero-order chi connectivity index (χ0) is 20.4. The molecule has 0 bridgehead atoms. The highest BCUT2D eigenvalue weighted by Crippen LogP contribution is 2.30. The standard InChI is InChI=1S/C21H31N3O4/c1-15-9-19(27-2)20(28-3)11-18(15)7-8-23-21(26)24-13-17-6-4-5-16(10-17)12-22-14-25/h9,11,16-17H,4-8,10,12-13H2,1-3H3,(H2,23,24,26). The Hall–Kier alpha value is -2.53. The molecule has 1 aromatic rings. The number of benzene rings is 1. The Labute approximate surface area is 166 Å². The Morgan fingerprint density at radius 1 is 1.18 bits per heavy atom. The molecule has 2 N–H and O–H groups in total. The summed E-state index contributed by atoms with van der Waals surface area (Å²) in [5, 5.41) is 5.89. The molecule has 28 heavy (non-hydrogen) atoms. The van der Waals surface area contributed by atoms with Gasteiger partial charge >= 0.3 is 6.03 Å². The van der Waals surface area contributed by atoms with Gasteiger partial charge < -0.3 is 20.1 Å². The van der Waals surface area contributed by atoms with E-state index in [1.165, 1.54) is 0 Å². The monoisotopic (exact) mass is 389 g/mol. The summed E-state index contributed by atoms with van der Waals surface area (Å²) in [7, 11) is 3.23. The van der Waals surface area contributed by atoms with Gasteiger partial charge in [0.05, 0.1) is 20.8 Å². The van der Waals surface area contributed by atoms with Crippen LogP contribution >= 0.6 is 0 Å². The van der Waals surface area contributed by atoms with Crippen molar-refractivity contribution < 1.29 is 19.1 Å². The topological polar surface area (TPSA) is 89.0 Å². The Balaban J connectivity index is 1.73. The SMILES string of the molecule is COc1cc(C)c(CCNC(=O)NCC2CCCC(CN=C=O)C2)cc1OC. The third kappa shape index (κ3) is 6.57. The van der Waals surface area contributed by atoms with E-state index in [0.29, 0.717) is 43.0 Å². The van der Waals surface area contributed by atoms with Gasteiger partial charge in [0, 0.05) is 13.1 Å². The van der Waals surface area contributed by atoms with Crippen LogP contribution in [0.15, 0.2) is 17.1 Å². The van der Waals surface area contributed by atoms with Crippen molar-refractivity contribution in [1.29, 1.82) is 0 Å². The van der Waals surface area contributed by atoms with Gasteiger partial charge in [-0.25, -0.2) is 14.6 Å². The first kappa shape index (κ1) is 21.8. The molecule has 1 aromatic carbocycles. The molecule has 0 radical (unpaired) electrons. The number of carbonyl (C=O) groups is 1. The van der Waals surface area contributed by atoms with E-state index in [1.807, 2.05) is 19.1 Å². The Bertz CT molecular complexity index is 701. The molecule has 0 saturated heterocycles. The molecule has 2 rings (SSSR count). The molecule has 2 unspecified atom stereocenters. The molecule has 7 nitrogen and oxygen atoms in total. The summed E-state index contributed by atoms with van der Waals surface area (Å²) in [6.45, 7) is 3.77. The number of urea groups is 1. The van der Waals surface area contributed by atoms with Crippen molar-refractivity contribution in [3.05, 3.63) is 23.3 Å². The third-order valence-electron chi connectivity index (χ3n) is 5.38. The van der Waals surface area contributed by atoms with E-state index in [4.69, 9.17) is 9.47 Å². The summed E-state index contributed by atoms with van der Waals surface area (Å²) in [6, 6.07) is 3.76. The van der Waals surface area contributed by atoms with Gasteiger partial charge in [0.2, 0.25) is 6.08 Å². The van der Waals surface area contributed by atoms with Crippen LogP contribution in [-0.4, -0.2) is 46.0 Å². The van der Waals surface area contributed by atoms with Crippen LogP contribution in [0.2, 0.25) is 0 Å². The maximum Gasteiger partial charge on any atom is 0.314 e. The molecule has 154 valence electrons. The highest BCUT2D eigenvalue weighted by molar-refractivity contribution is 5.73. The minimum atomic E-state index is -0.147. The largest absolute Gasteiger partial charge is 0.493 e. The first-order valence-electron chi connectivity index (χ1n) is 9.84. The lowest BCUT2D eigenvalue weighted by atomic mass is 9.81. The number of rotatable bonds is 9. The lowest BCUT2D eigenvalue weighted by Crippen LogP contribution is -2.40. The second kappa shape index (κ2) is 11.3. The molecule has 7 heteroatoms. The molecule has 2 amide bonds. The van der Waals surface area contributed by atoms with Gasteiger partial charge in [0.1, 0.15) is 0 Å². The van der Waals surface area contributed by atoms with Crippen LogP contribution in [-0.2, 0) is 11.2 Å². The maximum atomic E-state index is 12.1. The number of nitrogens with zero attached hydrogens (tertiary/aromatic N) is 1. The summed E-state index contributed by atoms with van der Waals surface area (Å²) in [6.07, 6.45) is 6.64. The average Bonchev–Trinajstić information content (AvgIpc) is 2.71. The van der Waals surface area contributed by atoms with Crippen LogP contribution in [0.4, 0.5) is 4.79 Å². The molecule has 1 fully saturated rings. The lowest BCUT2D eigenvalue weighted by molar-refractivity contribution is 0.229. The molecular formula is C21H31N3O4. The summed E-state index contributed by atoms with van der Waals surface area (Å²) < 4.78 is 10.6. The van der Waals surface area contributed by atoms with Crippen molar-refractivity contribution in [2.45, 2.75) is 39.0 Å². The summed E-state index contributed by atoms with van der Waals surface area (Å²) in [5.41, 5.74) is 2.22.